The maximum atomic E-state index is 11.0. The van der Waals surface area contributed by atoms with E-state index in [0.29, 0.717) is 5.75 Å². The van der Waals surface area contributed by atoms with Gasteiger partial charge in [-0.2, -0.15) is 0 Å². The van der Waals surface area contributed by atoms with E-state index >= 15 is 0 Å². The molecule has 0 aliphatic carbocycles. The minimum atomic E-state index is -0.328. The molecule has 0 unspecified atom stereocenters. The minimum absolute atomic E-state index is 0.328. The summed E-state index contributed by atoms with van der Waals surface area (Å²) in [5.74, 6) is 1.02. The molecular weight excluding hydrogens is 324 g/mol. The molecule has 2 aromatic heterocycles. The first-order valence-electron chi connectivity index (χ1n) is 7.38. The number of aromatic nitrogens is 2. The molecule has 0 saturated heterocycles. The van der Waals surface area contributed by atoms with Crippen LogP contribution in [0.4, 0.5) is 0 Å². The van der Waals surface area contributed by atoms with Crippen LogP contribution in [0.15, 0.2) is 48.7 Å². The average Bonchev–Trinajstić information content (AvgIpc) is 3.12. The summed E-state index contributed by atoms with van der Waals surface area (Å²) in [4.78, 5) is 16.6. The summed E-state index contributed by atoms with van der Waals surface area (Å²) in [6.45, 7) is 1.39. The molecule has 0 bridgehead atoms. The Bertz CT molecular complexity index is 1050. The molecule has 0 fully saturated rings. The molecule has 4 rings (SSSR count). The maximum absolute atomic E-state index is 11.0. The lowest BCUT2D eigenvalue weighted by atomic mass is 10.2. The Labute approximate surface area is 142 Å². The number of benzene rings is 2. The molecule has 0 saturated carbocycles. The van der Waals surface area contributed by atoms with Gasteiger partial charge in [0.2, 0.25) is 0 Å². The van der Waals surface area contributed by atoms with Crippen molar-refractivity contribution in [2.24, 2.45) is 0 Å². The minimum Gasteiger partial charge on any atom is -0.497 e. The van der Waals surface area contributed by atoms with Crippen LogP contribution in [0.5, 0.6) is 11.5 Å². The molecule has 6 heteroatoms. The topological polar surface area (TPSA) is 52.8 Å². The number of fused-ring (bicyclic) bond motifs is 3. The highest BCUT2D eigenvalue weighted by molar-refractivity contribution is 7.23. The SMILES string of the molecule is COc1ccc2sc3nc(-c4ccc(OC(C)=O)cc4)cn3c2c1. The Morgan fingerprint density at radius 3 is 2.58 bits per heavy atom. The lowest BCUT2D eigenvalue weighted by Crippen LogP contribution is -2.00. The molecule has 0 N–H and O–H groups in total. The molecule has 0 atom stereocenters. The third kappa shape index (κ3) is 2.51. The first kappa shape index (κ1) is 14.7. The number of rotatable bonds is 3. The summed E-state index contributed by atoms with van der Waals surface area (Å²) in [6.07, 6.45) is 2.01. The van der Waals surface area contributed by atoms with E-state index in [-0.39, 0.29) is 5.97 Å². The number of carbonyl (C=O) groups excluding carboxylic acids is 1. The van der Waals surface area contributed by atoms with E-state index < -0.39 is 0 Å². The highest BCUT2D eigenvalue weighted by atomic mass is 32.1. The summed E-state index contributed by atoms with van der Waals surface area (Å²) < 4.78 is 13.6. The van der Waals surface area contributed by atoms with Gasteiger partial charge in [0.25, 0.3) is 0 Å². The molecule has 4 aromatic rings. The molecular formula is C18H14N2O3S. The van der Waals surface area contributed by atoms with Crippen molar-refractivity contribution in [2.75, 3.05) is 7.11 Å². The second-order valence-electron chi connectivity index (χ2n) is 5.33. The highest BCUT2D eigenvalue weighted by Crippen LogP contribution is 2.32. The molecule has 120 valence electrons. The summed E-state index contributed by atoms with van der Waals surface area (Å²) >= 11 is 1.63. The van der Waals surface area contributed by atoms with E-state index in [4.69, 9.17) is 14.5 Å². The summed E-state index contributed by atoms with van der Waals surface area (Å²) in [5.41, 5.74) is 2.92. The Morgan fingerprint density at radius 1 is 1.12 bits per heavy atom. The van der Waals surface area contributed by atoms with Crippen LogP contribution in [0.25, 0.3) is 26.4 Å². The number of hydrogen-bond acceptors (Lipinski definition) is 5. The van der Waals surface area contributed by atoms with Crippen LogP contribution in [0.2, 0.25) is 0 Å². The number of ether oxygens (including phenoxy) is 2. The third-order valence-corrected chi connectivity index (χ3v) is 4.75. The van der Waals surface area contributed by atoms with Crippen molar-refractivity contribution < 1.29 is 14.3 Å². The summed E-state index contributed by atoms with van der Waals surface area (Å²) in [5, 5.41) is 0. The number of hydrogen-bond donors (Lipinski definition) is 0. The molecule has 2 heterocycles. The number of carbonyl (C=O) groups is 1. The number of esters is 1. The van der Waals surface area contributed by atoms with Crippen LogP contribution >= 0.6 is 11.3 Å². The van der Waals surface area contributed by atoms with Gasteiger partial charge in [-0.05, 0) is 36.4 Å². The van der Waals surface area contributed by atoms with Crippen LogP contribution in [0.1, 0.15) is 6.92 Å². The second-order valence-corrected chi connectivity index (χ2v) is 6.34. The van der Waals surface area contributed by atoms with Gasteiger partial charge in [0.15, 0.2) is 4.96 Å². The van der Waals surface area contributed by atoms with Crippen molar-refractivity contribution in [1.29, 1.82) is 0 Å². The molecule has 0 aliphatic rings. The molecule has 0 aliphatic heterocycles. The monoisotopic (exact) mass is 338 g/mol. The molecule has 0 radical (unpaired) electrons. The van der Waals surface area contributed by atoms with Crippen molar-refractivity contribution >= 4 is 32.5 Å². The van der Waals surface area contributed by atoms with Gasteiger partial charge >= 0.3 is 5.97 Å². The zero-order valence-corrected chi connectivity index (χ0v) is 14.0. The Morgan fingerprint density at radius 2 is 1.88 bits per heavy atom. The largest absolute Gasteiger partial charge is 0.497 e. The molecule has 5 nitrogen and oxygen atoms in total. The van der Waals surface area contributed by atoms with Gasteiger partial charge in [-0.3, -0.25) is 9.20 Å². The van der Waals surface area contributed by atoms with Gasteiger partial charge in [-0.25, -0.2) is 4.98 Å². The van der Waals surface area contributed by atoms with Gasteiger partial charge in [0, 0.05) is 24.8 Å². The fourth-order valence-corrected chi connectivity index (χ4v) is 3.59. The van der Waals surface area contributed by atoms with E-state index in [0.717, 1.165) is 32.2 Å². The van der Waals surface area contributed by atoms with Crippen molar-refractivity contribution in [3.8, 4) is 22.8 Å². The molecule has 0 amide bonds. The molecule has 0 spiro atoms. The number of imidazole rings is 1. The van der Waals surface area contributed by atoms with E-state index in [1.54, 1.807) is 30.6 Å². The Hall–Kier alpha value is -2.86. The zero-order valence-electron chi connectivity index (χ0n) is 13.1. The van der Waals surface area contributed by atoms with Crippen molar-refractivity contribution in [1.82, 2.24) is 9.38 Å². The quantitative estimate of drug-likeness (QED) is 0.416. The van der Waals surface area contributed by atoms with Crippen molar-refractivity contribution in [3.05, 3.63) is 48.7 Å². The first-order chi connectivity index (χ1) is 11.6. The standard InChI is InChI=1S/C18H14N2O3S/c1-11(21)23-13-5-3-12(4-6-13)15-10-20-16-9-14(22-2)7-8-17(16)24-18(20)19-15/h3-10H,1-2H3. The van der Waals surface area contributed by atoms with Gasteiger partial charge < -0.3 is 9.47 Å². The maximum Gasteiger partial charge on any atom is 0.308 e. The van der Waals surface area contributed by atoms with E-state index in [1.807, 2.05) is 36.5 Å². The number of nitrogens with zero attached hydrogens (tertiary/aromatic N) is 2. The second kappa shape index (κ2) is 5.65. The van der Waals surface area contributed by atoms with Gasteiger partial charge in [-0.15, -0.1) is 0 Å². The lowest BCUT2D eigenvalue weighted by Gasteiger charge is -2.02. The molecule has 2 aromatic carbocycles. The summed E-state index contributed by atoms with van der Waals surface area (Å²) in [6, 6.07) is 13.3. The number of methoxy groups -OCH3 is 1. The normalized spacial score (nSPS) is 11.1. The average molecular weight is 338 g/mol. The van der Waals surface area contributed by atoms with E-state index in [1.165, 1.54) is 6.92 Å². The van der Waals surface area contributed by atoms with Crippen LogP contribution in [0.3, 0.4) is 0 Å². The van der Waals surface area contributed by atoms with Gasteiger partial charge in [0.05, 0.1) is 23.0 Å². The van der Waals surface area contributed by atoms with E-state index in [2.05, 4.69) is 4.40 Å². The first-order valence-corrected chi connectivity index (χ1v) is 8.20. The van der Waals surface area contributed by atoms with Gasteiger partial charge in [-0.1, -0.05) is 11.3 Å². The fraction of sp³-hybridized carbons (Fsp3) is 0.111. The van der Waals surface area contributed by atoms with Crippen LogP contribution in [0, 0.1) is 0 Å². The fourth-order valence-electron chi connectivity index (χ4n) is 2.60. The predicted molar refractivity (Wildman–Crippen MR) is 93.9 cm³/mol. The van der Waals surface area contributed by atoms with Crippen LogP contribution in [-0.4, -0.2) is 22.5 Å². The predicted octanol–water partition coefficient (Wildman–Crippen LogP) is 4.15. The molecule has 24 heavy (non-hydrogen) atoms. The zero-order chi connectivity index (χ0) is 16.7. The number of thiazole rings is 1. The smallest absolute Gasteiger partial charge is 0.308 e. The van der Waals surface area contributed by atoms with Crippen LogP contribution in [-0.2, 0) is 4.79 Å². The van der Waals surface area contributed by atoms with Crippen molar-refractivity contribution in [3.63, 3.8) is 0 Å². The van der Waals surface area contributed by atoms with Crippen LogP contribution < -0.4 is 9.47 Å². The van der Waals surface area contributed by atoms with Crippen molar-refractivity contribution in [2.45, 2.75) is 6.92 Å². The lowest BCUT2D eigenvalue weighted by molar-refractivity contribution is -0.131. The van der Waals surface area contributed by atoms with Gasteiger partial charge in [0.1, 0.15) is 11.5 Å². The Kier molecular flexibility index (Phi) is 3.46. The highest BCUT2D eigenvalue weighted by Gasteiger charge is 2.11. The summed E-state index contributed by atoms with van der Waals surface area (Å²) in [7, 11) is 1.66. The Balaban J connectivity index is 1.75. The van der Waals surface area contributed by atoms with E-state index in [9.17, 15) is 4.79 Å². The third-order valence-electron chi connectivity index (χ3n) is 3.71.